The van der Waals surface area contributed by atoms with Crippen LogP contribution >= 0.6 is 0 Å². The molecule has 23 heavy (non-hydrogen) atoms. The lowest BCUT2D eigenvalue weighted by molar-refractivity contribution is -0.132. The molecular weight excluding hydrogens is 303 g/mol. The summed E-state index contributed by atoms with van der Waals surface area (Å²) in [7, 11) is 0. The summed E-state index contributed by atoms with van der Waals surface area (Å²) in [5, 5.41) is 14.0. The number of rotatable bonds is 4. The van der Waals surface area contributed by atoms with E-state index in [1.54, 1.807) is 19.1 Å². The van der Waals surface area contributed by atoms with Crippen LogP contribution in [0.1, 0.15) is 44.2 Å². The monoisotopic (exact) mass is 322 g/mol. The molecule has 124 valence electrons. The number of carbonyl (C=O) groups excluding carboxylic acids is 2. The van der Waals surface area contributed by atoms with Gasteiger partial charge in [-0.3, -0.25) is 9.59 Å². The van der Waals surface area contributed by atoms with Gasteiger partial charge in [0.1, 0.15) is 17.1 Å². The van der Waals surface area contributed by atoms with Gasteiger partial charge in [0.15, 0.2) is 0 Å². The van der Waals surface area contributed by atoms with E-state index in [1.807, 2.05) is 0 Å². The van der Waals surface area contributed by atoms with Crippen molar-refractivity contribution in [3.63, 3.8) is 0 Å². The third-order valence-electron chi connectivity index (χ3n) is 4.16. The van der Waals surface area contributed by atoms with E-state index in [2.05, 4.69) is 10.6 Å². The Labute approximate surface area is 133 Å². The largest absolute Gasteiger partial charge is 0.465 e. The number of hydrogen-bond acceptors (Lipinski definition) is 3. The molecule has 6 nitrogen and oxygen atoms in total. The van der Waals surface area contributed by atoms with Gasteiger partial charge in [0.25, 0.3) is 0 Å². The molecule has 1 aliphatic rings. The second-order valence-electron chi connectivity index (χ2n) is 5.80. The molecule has 1 atom stereocenters. The quantitative estimate of drug-likeness (QED) is 0.791. The molecule has 1 unspecified atom stereocenters. The van der Waals surface area contributed by atoms with Crippen LogP contribution in [0.4, 0.5) is 9.18 Å². The van der Waals surface area contributed by atoms with Gasteiger partial charge in [-0.05, 0) is 37.5 Å². The van der Waals surface area contributed by atoms with E-state index in [1.165, 1.54) is 12.1 Å². The Morgan fingerprint density at radius 2 is 1.78 bits per heavy atom. The van der Waals surface area contributed by atoms with Gasteiger partial charge in [-0.1, -0.05) is 12.1 Å². The van der Waals surface area contributed by atoms with Crippen LogP contribution in [0.5, 0.6) is 0 Å². The first-order valence-corrected chi connectivity index (χ1v) is 7.42. The molecule has 0 saturated heterocycles. The molecule has 0 bridgehead atoms. The Morgan fingerprint density at radius 1 is 1.22 bits per heavy atom. The van der Waals surface area contributed by atoms with Gasteiger partial charge < -0.3 is 15.7 Å². The van der Waals surface area contributed by atoms with Crippen molar-refractivity contribution < 1.29 is 23.9 Å². The minimum atomic E-state index is -1.30. The highest BCUT2D eigenvalue weighted by molar-refractivity contribution is 5.93. The molecule has 0 aromatic heterocycles. The van der Waals surface area contributed by atoms with Crippen LogP contribution in [0.15, 0.2) is 24.3 Å². The summed E-state index contributed by atoms with van der Waals surface area (Å²) in [5.74, 6) is -0.821. The minimum Gasteiger partial charge on any atom is -0.465 e. The SMILES string of the molecule is CC(NC(=O)C1(NC(=O)O)CCC(=O)CC1)c1ccc(F)cc1. The van der Waals surface area contributed by atoms with Crippen molar-refractivity contribution in [2.24, 2.45) is 0 Å². The van der Waals surface area contributed by atoms with Crippen LogP contribution in [-0.2, 0) is 9.59 Å². The first-order chi connectivity index (χ1) is 10.8. The second-order valence-corrected chi connectivity index (χ2v) is 5.80. The first-order valence-electron chi connectivity index (χ1n) is 7.42. The number of hydrogen-bond donors (Lipinski definition) is 3. The maximum Gasteiger partial charge on any atom is 0.405 e. The van der Waals surface area contributed by atoms with Crippen molar-refractivity contribution in [3.05, 3.63) is 35.6 Å². The highest BCUT2D eigenvalue weighted by Gasteiger charge is 2.43. The van der Waals surface area contributed by atoms with Crippen LogP contribution in [0, 0.1) is 5.82 Å². The topological polar surface area (TPSA) is 95.5 Å². The molecular formula is C16H19FN2O4. The van der Waals surface area contributed by atoms with Gasteiger partial charge in [-0.25, -0.2) is 9.18 Å². The Balaban J connectivity index is 2.12. The van der Waals surface area contributed by atoms with E-state index < -0.39 is 23.6 Å². The molecule has 7 heteroatoms. The number of carbonyl (C=O) groups is 3. The van der Waals surface area contributed by atoms with Gasteiger partial charge in [-0.2, -0.15) is 0 Å². The smallest absolute Gasteiger partial charge is 0.405 e. The zero-order valence-corrected chi connectivity index (χ0v) is 12.8. The third kappa shape index (κ3) is 4.06. The van der Waals surface area contributed by atoms with E-state index in [0.717, 1.165) is 0 Å². The average molecular weight is 322 g/mol. The Kier molecular flexibility index (Phi) is 4.98. The maximum absolute atomic E-state index is 13.0. The summed E-state index contributed by atoms with van der Waals surface area (Å²) in [4.78, 5) is 35.0. The van der Waals surface area contributed by atoms with Crippen molar-refractivity contribution in [2.75, 3.05) is 0 Å². The molecule has 2 rings (SSSR count). The lowest BCUT2D eigenvalue weighted by Gasteiger charge is -2.36. The van der Waals surface area contributed by atoms with Gasteiger partial charge >= 0.3 is 6.09 Å². The van der Waals surface area contributed by atoms with Crippen LogP contribution in [0.3, 0.4) is 0 Å². The lowest BCUT2D eigenvalue weighted by Crippen LogP contribution is -2.60. The molecule has 0 heterocycles. The third-order valence-corrected chi connectivity index (χ3v) is 4.16. The minimum absolute atomic E-state index is 0.0206. The van der Waals surface area contributed by atoms with Crippen molar-refractivity contribution in [1.29, 1.82) is 0 Å². The number of amides is 2. The van der Waals surface area contributed by atoms with Crippen molar-refractivity contribution in [1.82, 2.24) is 10.6 Å². The van der Waals surface area contributed by atoms with Crippen LogP contribution in [-0.4, -0.2) is 28.4 Å². The number of halogens is 1. The average Bonchev–Trinajstić information content (AvgIpc) is 2.49. The Bertz CT molecular complexity index is 605. The summed E-state index contributed by atoms with van der Waals surface area (Å²) in [6, 6.07) is 5.29. The van der Waals surface area contributed by atoms with E-state index in [9.17, 15) is 18.8 Å². The highest BCUT2D eigenvalue weighted by Crippen LogP contribution is 2.28. The molecule has 1 saturated carbocycles. The Morgan fingerprint density at radius 3 is 2.30 bits per heavy atom. The van der Waals surface area contributed by atoms with Gasteiger partial charge in [0.2, 0.25) is 5.91 Å². The van der Waals surface area contributed by atoms with Crippen LogP contribution in [0.25, 0.3) is 0 Å². The molecule has 1 aromatic carbocycles. The number of benzene rings is 1. The normalized spacial score (nSPS) is 18.1. The number of ketones is 1. The van der Waals surface area contributed by atoms with E-state index in [0.29, 0.717) is 5.56 Å². The molecule has 1 fully saturated rings. The molecule has 1 aromatic rings. The van der Waals surface area contributed by atoms with Crippen LogP contribution in [0.2, 0.25) is 0 Å². The summed E-state index contributed by atoms with van der Waals surface area (Å²) < 4.78 is 13.0. The van der Waals surface area contributed by atoms with E-state index >= 15 is 0 Å². The number of Topliss-reactive ketones (excluding diaryl/α,β-unsaturated/α-hetero) is 1. The predicted molar refractivity (Wildman–Crippen MR) is 80.3 cm³/mol. The second kappa shape index (κ2) is 6.76. The highest BCUT2D eigenvalue weighted by atomic mass is 19.1. The van der Waals surface area contributed by atoms with Crippen LogP contribution < -0.4 is 10.6 Å². The Hall–Kier alpha value is -2.44. The number of nitrogens with one attached hydrogen (secondary N) is 2. The van der Waals surface area contributed by atoms with Gasteiger partial charge in [-0.15, -0.1) is 0 Å². The molecule has 1 aliphatic carbocycles. The fourth-order valence-corrected chi connectivity index (χ4v) is 2.74. The van der Waals surface area contributed by atoms with Crippen molar-refractivity contribution in [2.45, 2.75) is 44.2 Å². The molecule has 3 N–H and O–H groups in total. The fraction of sp³-hybridized carbons (Fsp3) is 0.438. The summed E-state index contributed by atoms with van der Waals surface area (Å²) in [6.45, 7) is 1.73. The zero-order valence-electron chi connectivity index (χ0n) is 12.8. The summed E-state index contributed by atoms with van der Waals surface area (Å²) >= 11 is 0. The zero-order chi connectivity index (χ0) is 17.0. The van der Waals surface area contributed by atoms with E-state index in [-0.39, 0.29) is 37.3 Å². The lowest BCUT2D eigenvalue weighted by atomic mass is 9.80. The number of carboxylic acid groups (broad SMARTS) is 1. The van der Waals surface area contributed by atoms with Gasteiger partial charge in [0, 0.05) is 12.8 Å². The molecule has 0 aliphatic heterocycles. The first kappa shape index (κ1) is 16.9. The van der Waals surface area contributed by atoms with Gasteiger partial charge in [0.05, 0.1) is 6.04 Å². The van der Waals surface area contributed by atoms with E-state index in [4.69, 9.17) is 5.11 Å². The summed E-state index contributed by atoms with van der Waals surface area (Å²) in [6.07, 6.45) is -0.693. The van der Waals surface area contributed by atoms with Crippen molar-refractivity contribution >= 4 is 17.8 Å². The predicted octanol–water partition coefficient (Wildman–Crippen LogP) is 2.15. The standard InChI is InChI=1S/C16H19FN2O4/c1-10(11-2-4-12(17)5-3-11)18-14(21)16(19-15(22)23)8-6-13(20)7-9-16/h2-5,10,19H,6-9H2,1H3,(H,18,21)(H,22,23). The maximum atomic E-state index is 13.0. The van der Waals surface area contributed by atoms with Crippen molar-refractivity contribution in [3.8, 4) is 0 Å². The summed E-state index contributed by atoms with van der Waals surface area (Å²) in [5.41, 5.74) is -0.592. The fourth-order valence-electron chi connectivity index (χ4n) is 2.74. The molecule has 2 amide bonds. The molecule has 0 radical (unpaired) electrons. The molecule has 0 spiro atoms.